The Morgan fingerprint density at radius 3 is 2.65 bits per heavy atom. The maximum Gasteiger partial charge on any atom is 0.223 e. The van der Waals surface area contributed by atoms with Crippen LogP contribution >= 0.6 is 0 Å². The van der Waals surface area contributed by atoms with Gasteiger partial charge >= 0.3 is 0 Å². The smallest absolute Gasteiger partial charge is 0.223 e. The lowest BCUT2D eigenvalue weighted by Crippen LogP contribution is -2.35. The number of nitrogen functional groups attached to an aromatic ring is 1. The molecule has 1 aliphatic rings. The lowest BCUT2D eigenvalue weighted by atomic mass is 9.87. The third-order valence-corrected chi connectivity index (χ3v) is 4.18. The highest BCUT2D eigenvalue weighted by atomic mass is 15.2. The number of rotatable bonds is 5. The van der Waals surface area contributed by atoms with Crippen LogP contribution in [0.2, 0.25) is 0 Å². The molecule has 0 bridgehead atoms. The summed E-state index contributed by atoms with van der Waals surface area (Å²) in [6, 6.07) is 2.57. The summed E-state index contributed by atoms with van der Waals surface area (Å²) in [5, 5.41) is 3.28. The first kappa shape index (κ1) is 14.9. The molecule has 1 fully saturated rings. The maximum atomic E-state index is 5.83. The zero-order chi connectivity index (χ0) is 14.5. The van der Waals surface area contributed by atoms with E-state index in [1.54, 1.807) is 0 Å². The second-order valence-electron chi connectivity index (χ2n) is 5.92. The Balaban J connectivity index is 2.08. The molecule has 0 radical (unpaired) electrons. The molecule has 1 aromatic rings. The van der Waals surface area contributed by atoms with Crippen molar-refractivity contribution in [2.45, 2.75) is 52.0 Å². The van der Waals surface area contributed by atoms with Crippen LogP contribution in [0.5, 0.6) is 0 Å². The Bertz CT molecular complexity index is 426. The van der Waals surface area contributed by atoms with Crippen molar-refractivity contribution in [3.63, 3.8) is 0 Å². The van der Waals surface area contributed by atoms with Gasteiger partial charge in [-0.05, 0) is 38.0 Å². The Kier molecular flexibility index (Phi) is 5.04. The van der Waals surface area contributed by atoms with E-state index in [1.165, 1.54) is 25.7 Å². The SMILES string of the molecule is CCCNc1cc(N(C)C2CCC(C)CC2)nc(N)n1. The molecule has 0 unspecified atom stereocenters. The molecule has 0 atom stereocenters. The molecule has 0 amide bonds. The quantitative estimate of drug-likeness (QED) is 0.866. The van der Waals surface area contributed by atoms with Gasteiger partial charge in [0, 0.05) is 25.7 Å². The molecule has 112 valence electrons. The second kappa shape index (κ2) is 6.77. The van der Waals surface area contributed by atoms with Crippen molar-refractivity contribution in [2.24, 2.45) is 5.92 Å². The van der Waals surface area contributed by atoms with Gasteiger partial charge in [0.05, 0.1) is 0 Å². The van der Waals surface area contributed by atoms with Crippen LogP contribution in [0.25, 0.3) is 0 Å². The Morgan fingerprint density at radius 2 is 2.00 bits per heavy atom. The average molecular weight is 277 g/mol. The molecule has 1 saturated carbocycles. The van der Waals surface area contributed by atoms with Gasteiger partial charge in [-0.2, -0.15) is 9.97 Å². The minimum absolute atomic E-state index is 0.345. The average Bonchev–Trinajstić information content (AvgIpc) is 2.44. The summed E-state index contributed by atoms with van der Waals surface area (Å²) in [6.07, 6.45) is 6.14. The molecule has 0 saturated heterocycles. The van der Waals surface area contributed by atoms with Crippen molar-refractivity contribution in [1.82, 2.24) is 9.97 Å². The fourth-order valence-electron chi connectivity index (χ4n) is 2.79. The third kappa shape index (κ3) is 3.74. The van der Waals surface area contributed by atoms with Crippen LogP contribution in [-0.2, 0) is 0 Å². The van der Waals surface area contributed by atoms with E-state index < -0.39 is 0 Å². The van der Waals surface area contributed by atoms with Gasteiger partial charge in [0.1, 0.15) is 11.6 Å². The molecule has 5 heteroatoms. The minimum atomic E-state index is 0.345. The summed E-state index contributed by atoms with van der Waals surface area (Å²) < 4.78 is 0. The van der Waals surface area contributed by atoms with Crippen LogP contribution in [0, 0.1) is 5.92 Å². The van der Waals surface area contributed by atoms with E-state index in [2.05, 4.69) is 41.1 Å². The fraction of sp³-hybridized carbons (Fsp3) is 0.733. The minimum Gasteiger partial charge on any atom is -0.370 e. The summed E-state index contributed by atoms with van der Waals surface area (Å²) in [5.74, 6) is 2.95. The highest BCUT2D eigenvalue weighted by Crippen LogP contribution is 2.29. The zero-order valence-electron chi connectivity index (χ0n) is 12.9. The predicted molar refractivity (Wildman–Crippen MR) is 85.0 cm³/mol. The van der Waals surface area contributed by atoms with Crippen LogP contribution in [-0.4, -0.2) is 29.6 Å². The molecular weight excluding hydrogens is 250 g/mol. The van der Waals surface area contributed by atoms with Crippen molar-refractivity contribution in [3.05, 3.63) is 6.07 Å². The summed E-state index contributed by atoms with van der Waals surface area (Å²) in [7, 11) is 2.12. The summed E-state index contributed by atoms with van der Waals surface area (Å²) in [6.45, 7) is 5.37. The lowest BCUT2D eigenvalue weighted by molar-refractivity contribution is 0.340. The Labute approximate surface area is 122 Å². The van der Waals surface area contributed by atoms with E-state index in [0.717, 1.165) is 30.5 Å². The van der Waals surface area contributed by atoms with Crippen LogP contribution in [0.15, 0.2) is 6.07 Å². The number of anilines is 3. The van der Waals surface area contributed by atoms with E-state index in [0.29, 0.717) is 12.0 Å². The van der Waals surface area contributed by atoms with Crippen molar-refractivity contribution in [2.75, 3.05) is 29.5 Å². The van der Waals surface area contributed by atoms with Gasteiger partial charge in [-0.1, -0.05) is 13.8 Å². The number of aromatic nitrogens is 2. The van der Waals surface area contributed by atoms with Crippen molar-refractivity contribution < 1.29 is 0 Å². The molecule has 3 N–H and O–H groups in total. The van der Waals surface area contributed by atoms with Gasteiger partial charge in [-0.3, -0.25) is 0 Å². The highest BCUT2D eigenvalue weighted by Gasteiger charge is 2.23. The molecule has 1 aromatic heterocycles. The van der Waals surface area contributed by atoms with Gasteiger partial charge < -0.3 is 16.0 Å². The molecule has 0 aromatic carbocycles. The van der Waals surface area contributed by atoms with Gasteiger partial charge in [0.15, 0.2) is 0 Å². The first-order valence-corrected chi connectivity index (χ1v) is 7.71. The molecule has 20 heavy (non-hydrogen) atoms. The van der Waals surface area contributed by atoms with Crippen LogP contribution in [0.1, 0.15) is 46.0 Å². The molecular formula is C15H27N5. The van der Waals surface area contributed by atoms with E-state index in [4.69, 9.17) is 5.73 Å². The van der Waals surface area contributed by atoms with Gasteiger partial charge in [0.25, 0.3) is 0 Å². The lowest BCUT2D eigenvalue weighted by Gasteiger charge is -2.34. The maximum absolute atomic E-state index is 5.83. The van der Waals surface area contributed by atoms with Crippen molar-refractivity contribution in [1.29, 1.82) is 0 Å². The van der Waals surface area contributed by atoms with Crippen LogP contribution in [0.4, 0.5) is 17.6 Å². The fourth-order valence-corrected chi connectivity index (χ4v) is 2.79. The summed E-state index contributed by atoms with van der Waals surface area (Å²) >= 11 is 0. The Hall–Kier alpha value is -1.52. The zero-order valence-corrected chi connectivity index (χ0v) is 12.9. The predicted octanol–water partition coefficient (Wildman–Crippen LogP) is 2.90. The molecule has 2 rings (SSSR count). The molecule has 1 heterocycles. The van der Waals surface area contributed by atoms with E-state index >= 15 is 0 Å². The standard InChI is InChI=1S/C15H27N5/c1-4-9-17-13-10-14(19-15(16)18-13)20(3)12-7-5-11(2)6-8-12/h10-12H,4-9H2,1-3H3,(H3,16,17,18,19). The largest absolute Gasteiger partial charge is 0.370 e. The normalized spacial score (nSPS) is 22.6. The summed E-state index contributed by atoms with van der Waals surface area (Å²) in [4.78, 5) is 10.9. The van der Waals surface area contributed by atoms with Crippen LogP contribution < -0.4 is 16.0 Å². The van der Waals surface area contributed by atoms with Crippen LogP contribution in [0.3, 0.4) is 0 Å². The second-order valence-corrected chi connectivity index (χ2v) is 5.92. The molecule has 5 nitrogen and oxygen atoms in total. The topological polar surface area (TPSA) is 67.1 Å². The Morgan fingerprint density at radius 1 is 1.30 bits per heavy atom. The van der Waals surface area contributed by atoms with Gasteiger partial charge in [-0.25, -0.2) is 0 Å². The molecule has 1 aliphatic carbocycles. The van der Waals surface area contributed by atoms with E-state index in [-0.39, 0.29) is 0 Å². The number of nitrogens with two attached hydrogens (primary N) is 1. The first-order valence-electron chi connectivity index (χ1n) is 7.71. The van der Waals surface area contributed by atoms with Crippen molar-refractivity contribution >= 4 is 17.6 Å². The van der Waals surface area contributed by atoms with Crippen molar-refractivity contribution in [3.8, 4) is 0 Å². The number of nitrogens with zero attached hydrogens (tertiary/aromatic N) is 3. The summed E-state index contributed by atoms with van der Waals surface area (Å²) in [5.41, 5.74) is 5.83. The van der Waals surface area contributed by atoms with E-state index in [9.17, 15) is 0 Å². The first-order chi connectivity index (χ1) is 9.60. The van der Waals surface area contributed by atoms with E-state index in [1.807, 2.05) is 6.07 Å². The van der Waals surface area contributed by atoms with Gasteiger partial charge in [0.2, 0.25) is 5.95 Å². The molecule has 0 aliphatic heterocycles. The van der Waals surface area contributed by atoms with Gasteiger partial charge in [-0.15, -0.1) is 0 Å². The number of hydrogen-bond donors (Lipinski definition) is 2. The highest BCUT2D eigenvalue weighted by molar-refractivity contribution is 5.52. The number of hydrogen-bond acceptors (Lipinski definition) is 5. The third-order valence-electron chi connectivity index (χ3n) is 4.18. The molecule has 0 spiro atoms. The number of nitrogens with one attached hydrogen (secondary N) is 1. The monoisotopic (exact) mass is 277 g/mol.